The second kappa shape index (κ2) is 8.97. The highest BCUT2D eigenvalue weighted by molar-refractivity contribution is 5.87. The number of carbonyl (C=O) groups is 1. The van der Waals surface area contributed by atoms with E-state index in [0.717, 1.165) is 50.1 Å². The molecule has 2 aromatic rings. The zero-order chi connectivity index (χ0) is 20.1. The van der Waals surface area contributed by atoms with Crippen LogP contribution in [0.25, 0.3) is 0 Å². The van der Waals surface area contributed by atoms with Crippen LogP contribution in [0.5, 0.6) is 5.75 Å². The molecule has 154 valence electrons. The minimum atomic E-state index is -0.392. The molecule has 0 aromatic heterocycles. The van der Waals surface area contributed by atoms with E-state index in [4.69, 9.17) is 9.84 Å². The Morgan fingerprint density at radius 2 is 1.66 bits per heavy atom. The van der Waals surface area contributed by atoms with Gasteiger partial charge in [0.15, 0.2) is 0 Å². The molecule has 2 aliphatic rings. The first-order valence-corrected chi connectivity index (χ1v) is 10.6. The van der Waals surface area contributed by atoms with Crippen molar-refractivity contribution in [2.24, 2.45) is 0 Å². The van der Waals surface area contributed by atoms with Gasteiger partial charge in [0.1, 0.15) is 17.9 Å². The summed E-state index contributed by atoms with van der Waals surface area (Å²) in [6.45, 7) is 3.43. The average molecular weight is 395 g/mol. The molecule has 1 atom stereocenters. The smallest absolute Gasteiger partial charge is 0.243 e. The van der Waals surface area contributed by atoms with Crippen molar-refractivity contribution in [1.29, 1.82) is 0 Å². The van der Waals surface area contributed by atoms with E-state index in [0.29, 0.717) is 13.1 Å². The van der Waals surface area contributed by atoms with Gasteiger partial charge in [-0.05, 0) is 43.9 Å². The van der Waals surface area contributed by atoms with Crippen LogP contribution in [0, 0.1) is 0 Å². The number of likely N-dealkylation sites (tertiary alicyclic amines) is 2. The van der Waals surface area contributed by atoms with Gasteiger partial charge in [0.05, 0.1) is 6.61 Å². The third-order valence-corrected chi connectivity index (χ3v) is 6.23. The molecule has 0 saturated carbocycles. The number of para-hydroxylation sites is 1. The lowest BCUT2D eigenvalue weighted by Crippen LogP contribution is -2.59. The Morgan fingerprint density at radius 3 is 2.45 bits per heavy atom. The Balaban J connectivity index is 1.53. The number of hydrogen-bond donors (Lipinski definition) is 1. The molecular formula is C24H30N2O3. The fourth-order valence-corrected chi connectivity index (χ4v) is 4.85. The Labute approximate surface area is 172 Å². The highest BCUT2D eigenvalue weighted by atomic mass is 16.5. The topological polar surface area (TPSA) is 53.0 Å². The number of piperidine rings is 1. The number of aliphatic hydroxyl groups is 1. The van der Waals surface area contributed by atoms with Crippen LogP contribution >= 0.6 is 0 Å². The maximum absolute atomic E-state index is 13.6. The van der Waals surface area contributed by atoms with Crippen LogP contribution < -0.4 is 4.74 Å². The number of amides is 1. The third kappa shape index (κ3) is 4.16. The zero-order valence-corrected chi connectivity index (χ0v) is 16.9. The highest BCUT2D eigenvalue weighted by Gasteiger charge is 2.50. The Bertz CT molecular complexity index is 826. The summed E-state index contributed by atoms with van der Waals surface area (Å²) in [5.74, 6) is 1.08. The first-order chi connectivity index (χ1) is 14.2. The van der Waals surface area contributed by atoms with E-state index in [1.165, 1.54) is 5.56 Å². The summed E-state index contributed by atoms with van der Waals surface area (Å²) in [4.78, 5) is 18.0. The second-order valence-electron chi connectivity index (χ2n) is 8.05. The number of rotatable bonds is 7. The Kier molecular flexibility index (Phi) is 6.16. The van der Waals surface area contributed by atoms with Gasteiger partial charge in [-0.3, -0.25) is 9.69 Å². The van der Waals surface area contributed by atoms with E-state index in [9.17, 15) is 4.79 Å². The lowest BCUT2D eigenvalue weighted by atomic mass is 9.85. The van der Waals surface area contributed by atoms with Crippen molar-refractivity contribution in [3.63, 3.8) is 0 Å². The van der Waals surface area contributed by atoms with Crippen molar-refractivity contribution in [3.8, 4) is 5.75 Å². The SMILES string of the molecule is O=C1N(Cc2ccccc2)CCCC12CCCN2Cc1ccccc1OCCO. The molecule has 0 aliphatic carbocycles. The van der Waals surface area contributed by atoms with E-state index in [1.807, 2.05) is 41.3 Å². The summed E-state index contributed by atoms with van der Waals surface area (Å²) in [5.41, 5.74) is 1.87. The number of carbonyl (C=O) groups excluding carboxylic acids is 1. The van der Waals surface area contributed by atoms with Crippen molar-refractivity contribution in [1.82, 2.24) is 9.80 Å². The van der Waals surface area contributed by atoms with Crippen molar-refractivity contribution < 1.29 is 14.6 Å². The van der Waals surface area contributed by atoms with Crippen LogP contribution in [0.3, 0.4) is 0 Å². The molecular weight excluding hydrogens is 364 g/mol. The number of aliphatic hydroxyl groups excluding tert-OH is 1. The second-order valence-corrected chi connectivity index (χ2v) is 8.05. The van der Waals surface area contributed by atoms with E-state index < -0.39 is 5.54 Å². The van der Waals surface area contributed by atoms with Crippen molar-refractivity contribution in [2.75, 3.05) is 26.3 Å². The number of ether oxygens (including phenoxy) is 1. The van der Waals surface area contributed by atoms with E-state index in [2.05, 4.69) is 23.1 Å². The molecule has 2 aliphatic heterocycles. The summed E-state index contributed by atoms with van der Waals surface area (Å²) >= 11 is 0. The monoisotopic (exact) mass is 394 g/mol. The molecule has 1 N–H and O–H groups in total. The molecule has 5 heteroatoms. The van der Waals surface area contributed by atoms with Gasteiger partial charge < -0.3 is 14.7 Å². The first-order valence-electron chi connectivity index (χ1n) is 10.6. The molecule has 0 bridgehead atoms. The van der Waals surface area contributed by atoms with Gasteiger partial charge >= 0.3 is 0 Å². The number of nitrogens with zero attached hydrogens (tertiary/aromatic N) is 2. The van der Waals surface area contributed by atoms with Gasteiger partial charge in [0.2, 0.25) is 5.91 Å². The highest BCUT2D eigenvalue weighted by Crippen LogP contribution is 2.40. The Morgan fingerprint density at radius 1 is 0.931 bits per heavy atom. The van der Waals surface area contributed by atoms with Crippen LogP contribution in [0.1, 0.15) is 36.8 Å². The standard InChI is InChI=1S/C24H30N2O3/c27-16-17-29-22-11-5-4-10-21(22)19-26-15-7-13-24(26)12-6-14-25(23(24)28)18-20-8-2-1-3-9-20/h1-5,8-11,27H,6-7,12-19H2. The molecule has 1 amide bonds. The molecule has 2 heterocycles. The van der Waals surface area contributed by atoms with Crippen molar-refractivity contribution >= 4 is 5.91 Å². The molecule has 1 unspecified atom stereocenters. The lowest BCUT2D eigenvalue weighted by molar-refractivity contribution is -0.148. The fourth-order valence-electron chi connectivity index (χ4n) is 4.85. The van der Waals surface area contributed by atoms with Gasteiger partial charge in [0.25, 0.3) is 0 Å². The van der Waals surface area contributed by atoms with Crippen molar-refractivity contribution in [3.05, 3.63) is 65.7 Å². The molecule has 2 aromatic carbocycles. The van der Waals surface area contributed by atoms with Gasteiger partial charge in [-0.25, -0.2) is 0 Å². The Hall–Kier alpha value is -2.37. The molecule has 2 fully saturated rings. The molecule has 4 rings (SSSR count). The predicted octanol–water partition coefficient (Wildman–Crippen LogP) is 3.21. The summed E-state index contributed by atoms with van der Waals surface area (Å²) in [6, 6.07) is 18.2. The summed E-state index contributed by atoms with van der Waals surface area (Å²) in [7, 11) is 0. The molecule has 1 spiro atoms. The van der Waals surface area contributed by atoms with Gasteiger partial charge in [-0.15, -0.1) is 0 Å². The maximum Gasteiger partial charge on any atom is 0.243 e. The van der Waals surface area contributed by atoms with Gasteiger partial charge in [-0.1, -0.05) is 48.5 Å². The number of hydrogen-bond acceptors (Lipinski definition) is 4. The quantitative estimate of drug-likeness (QED) is 0.784. The summed E-state index contributed by atoms with van der Waals surface area (Å²) in [5, 5.41) is 9.10. The molecule has 29 heavy (non-hydrogen) atoms. The predicted molar refractivity (Wildman–Crippen MR) is 112 cm³/mol. The minimum Gasteiger partial charge on any atom is -0.491 e. The zero-order valence-electron chi connectivity index (χ0n) is 16.9. The summed E-state index contributed by atoms with van der Waals surface area (Å²) < 4.78 is 5.73. The number of benzene rings is 2. The minimum absolute atomic E-state index is 0.00504. The molecule has 5 nitrogen and oxygen atoms in total. The largest absolute Gasteiger partial charge is 0.491 e. The first kappa shape index (κ1) is 19.9. The van der Waals surface area contributed by atoms with E-state index in [1.54, 1.807) is 0 Å². The van der Waals surface area contributed by atoms with Crippen molar-refractivity contribution in [2.45, 2.75) is 44.3 Å². The van der Waals surface area contributed by atoms with Crippen LogP contribution in [-0.2, 0) is 17.9 Å². The average Bonchev–Trinajstić information content (AvgIpc) is 3.14. The van der Waals surface area contributed by atoms with Crippen LogP contribution in [0.15, 0.2) is 54.6 Å². The van der Waals surface area contributed by atoms with E-state index in [-0.39, 0.29) is 19.1 Å². The van der Waals surface area contributed by atoms with Gasteiger partial charge in [0, 0.05) is 25.2 Å². The lowest BCUT2D eigenvalue weighted by Gasteiger charge is -2.45. The van der Waals surface area contributed by atoms with E-state index >= 15 is 0 Å². The molecule has 2 saturated heterocycles. The maximum atomic E-state index is 13.6. The van der Waals surface area contributed by atoms with Crippen LogP contribution in [-0.4, -0.2) is 52.7 Å². The normalized spacial score (nSPS) is 22.4. The summed E-state index contributed by atoms with van der Waals surface area (Å²) in [6.07, 6.45) is 3.94. The van der Waals surface area contributed by atoms with Crippen LogP contribution in [0.4, 0.5) is 0 Å². The fraction of sp³-hybridized carbons (Fsp3) is 0.458. The van der Waals surface area contributed by atoms with Gasteiger partial charge in [-0.2, -0.15) is 0 Å². The molecule has 0 radical (unpaired) electrons. The van der Waals surface area contributed by atoms with Crippen LogP contribution in [0.2, 0.25) is 0 Å². The third-order valence-electron chi connectivity index (χ3n) is 6.23.